The Morgan fingerprint density at radius 2 is 2.00 bits per heavy atom. The van der Waals surface area contributed by atoms with Crippen molar-refractivity contribution in [3.05, 3.63) is 65.7 Å². The van der Waals surface area contributed by atoms with E-state index in [0.29, 0.717) is 22.3 Å². The van der Waals surface area contributed by atoms with Gasteiger partial charge < -0.3 is 4.74 Å². The van der Waals surface area contributed by atoms with Crippen molar-refractivity contribution >= 4 is 21.6 Å². The van der Waals surface area contributed by atoms with Crippen molar-refractivity contribution in [2.24, 2.45) is 4.99 Å². The Hall–Kier alpha value is -3.53. The zero-order valence-corrected chi connectivity index (χ0v) is 18.9. The predicted octanol–water partition coefficient (Wildman–Crippen LogP) is 3.39. The van der Waals surface area contributed by atoms with Crippen molar-refractivity contribution in [3.63, 3.8) is 0 Å². The van der Waals surface area contributed by atoms with Crippen LogP contribution in [0.2, 0.25) is 0 Å². The molecular formula is C22H23FN4O4S. The largest absolute Gasteiger partial charge is 0.480 e. The van der Waals surface area contributed by atoms with Gasteiger partial charge in [-0.25, -0.2) is 17.8 Å². The molecule has 0 radical (unpaired) electrons. The summed E-state index contributed by atoms with van der Waals surface area (Å²) < 4.78 is 48.2. The Morgan fingerprint density at radius 3 is 2.62 bits per heavy atom. The highest BCUT2D eigenvalue weighted by molar-refractivity contribution is 7.92. The molecule has 168 valence electrons. The van der Waals surface area contributed by atoms with Gasteiger partial charge in [-0.3, -0.25) is 19.1 Å². The summed E-state index contributed by atoms with van der Waals surface area (Å²) in [7, 11) is -1.14. The quantitative estimate of drug-likeness (QED) is 0.610. The summed E-state index contributed by atoms with van der Waals surface area (Å²) >= 11 is 0. The zero-order valence-electron chi connectivity index (χ0n) is 18.1. The highest BCUT2D eigenvalue weighted by atomic mass is 32.2. The monoisotopic (exact) mass is 458 g/mol. The molecule has 0 spiro atoms. The fourth-order valence-corrected chi connectivity index (χ4v) is 4.35. The molecule has 2 heterocycles. The van der Waals surface area contributed by atoms with E-state index in [1.165, 1.54) is 30.0 Å². The van der Waals surface area contributed by atoms with Crippen molar-refractivity contribution in [2.75, 3.05) is 18.9 Å². The lowest BCUT2D eigenvalue weighted by molar-refractivity contribution is 0.0901. The van der Waals surface area contributed by atoms with Crippen molar-refractivity contribution < 1.29 is 22.3 Å². The normalized spacial score (nSPS) is 12.0. The summed E-state index contributed by atoms with van der Waals surface area (Å²) in [6, 6.07) is 9.71. The average molecular weight is 459 g/mol. The predicted molar refractivity (Wildman–Crippen MR) is 119 cm³/mol. The SMILES string of the molecule is CCC(=O)n1c(C)c(-c2cnc(OC)c(NS(=O)(=O)c3cccc(F)c3)c2)ccc1=NC. The van der Waals surface area contributed by atoms with Crippen molar-refractivity contribution in [3.8, 4) is 17.0 Å². The lowest BCUT2D eigenvalue weighted by Gasteiger charge is -2.16. The van der Waals surface area contributed by atoms with Gasteiger partial charge in [-0.1, -0.05) is 13.0 Å². The minimum Gasteiger partial charge on any atom is -0.480 e. The minimum atomic E-state index is -4.10. The van der Waals surface area contributed by atoms with E-state index >= 15 is 0 Å². The molecule has 0 unspecified atom stereocenters. The summed E-state index contributed by atoms with van der Waals surface area (Å²) in [5.74, 6) is -0.753. The van der Waals surface area contributed by atoms with E-state index in [-0.39, 0.29) is 28.8 Å². The van der Waals surface area contributed by atoms with Crippen molar-refractivity contribution in [2.45, 2.75) is 25.2 Å². The first-order valence-corrected chi connectivity index (χ1v) is 11.2. The van der Waals surface area contributed by atoms with Crippen LogP contribution in [0.1, 0.15) is 23.8 Å². The van der Waals surface area contributed by atoms with Crippen LogP contribution < -0.4 is 14.9 Å². The third-order valence-corrected chi connectivity index (χ3v) is 6.20. The average Bonchev–Trinajstić information content (AvgIpc) is 2.78. The molecule has 0 atom stereocenters. The van der Waals surface area contributed by atoms with E-state index in [1.807, 2.05) is 0 Å². The van der Waals surface area contributed by atoms with E-state index in [1.54, 1.807) is 39.1 Å². The van der Waals surface area contributed by atoms with Crippen LogP contribution in [-0.2, 0) is 10.0 Å². The Balaban J connectivity index is 2.13. The summed E-state index contributed by atoms with van der Waals surface area (Å²) in [6.07, 6.45) is 1.81. The molecule has 0 aliphatic heterocycles. The standard InChI is InChI=1S/C22H23FN4O4S/c1-5-21(28)27-14(2)18(9-10-20(27)24-3)15-11-19(22(31-4)25-13-15)26-32(29,30)17-8-6-7-16(23)12-17/h6-13,26H,5H2,1-4H3. The number of anilines is 1. The molecule has 0 bridgehead atoms. The van der Waals surface area contributed by atoms with Gasteiger partial charge in [0.25, 0.3) is 10.0 Å². The number of halogens is 1. The van der Waals surface area contributed by atoms with Gasteiger partial charge in [-0.15, -0.1) is 0 Å². The first kappa shape index (κ1) is 23.1. The molecular weight excluding hydrogens is 435 g/mol. The number of nitrogens with one attached hydrogen (secondary N) is 1. The van der Waals surface area contributed by atoms with Crippen molar-refractivity contribution in [1.29, 1.82) is 0 Å². The number of aromatic nitrogens is 2. The fraction of sp³-hybridized carbons (Fsp3) is 0.227. The molecule has 0 saturated heterocycles. The maximum Gasteiger partial charge on any atom is 0.262 e. The number of pyridine rings is 2. The lowest BCUT2D eigenvalue weighted by atomic mass is 10.1. The van der Waals surface area contributed by atoms with Gasteiger partial charge in [0.15, 0.2) is 0 Å². The summed E-state index contributed by atoms with van der Waals surface area (Å²) in [4.78, 5) is 20.6. The molecule has 3 aromatic rings. The molecule has 3 rings (SSSR count). The Bertz CT molecular complexity index is 1350. The molecule has 8 nitrogen and oxygen atoms in total. The molecule has 10 heteroatoms. The van der Waals surface area contributed by atoms with Gasteiger partial charge in [-0.2, -0.15) is 0 Å². The van der Waals surface area contributed by atoms with Gasteiger partial charge in [0, 0.05) is 36.5 Å². The zero-order chi connectivity index (χ0) is 23.5. The van der Waals surface area contributed by atoms with Crippen LogP contribution in [0.15, 0.2) is 58.5 Å². The second-order valence-electron chi connectivity index (χ2n) is 6.84. The van der Waals surface area contributed by atoms with Gasteiger partial charge in [0.2, 0.25) is 11.8 Å². The van der Waals surface area contributed by atoms with Crippen molar-refractivity contribution in [1.82, 2.24) is 9.55 Å². The number of benzene rings is 1. The second kappa shape index (κ2) is 9.31. The Kier molecular flexibility index (Phi) is 6.73. The minimum absolute atomic E-state index is 0.0454. The Morgan fingerprint density at radius 1 is 1.25 bits per heavy atom. The first-order chi connectivity index (χ1) is 15.2. The summed E-state index contributed by atoms with van der Waals surface area (Å²) in [5, 5.41) is 0. The van der Waals surface area contributed by atoms with Crippen LogP contribution >= 0.6 is 0 Å². The molecule has 2 aromatic heterocycles. The number of hydrogen-bond donors (Lipinski definition) is 1. The number of carbonyl (C=O) groups excluding carboxylic acids is 1. The number of nitrogens with zero attached hydrogens (tertiary/aromatic N) is 3. The number of methoxy groups -OCH3 is 1. The molecule has 1 N–H and O–H groups in total. The molecule has 0 amide bonds. The van der Waals surface area contributed by atoms with E-state index in [2.05, 4.69) is 14.7 Å². The fourth-order valence-electron chi connectivity index (χ4n) is 3.27. The van der Waals surface area contributed by atoms with Crippen LogP contribution in [0.4, 0.5) is 10.1 Å². The van der Waals surface area contributed by atoms with Crippen LogP contribution in [0.25, 0.3) is 11.1 Å². The molecule has 32 heavy (non-hydrogen) atoms. The number of hydrogen-bond acceptors (Lipinski definition) is 6. The van der Waals surface area contributed by atoms with Crippen LogP contribution in [0, 0.1) is 12.7 Å². The van der Waals surface area contributed by atoms with Crippen LogP contribution in [-0.4, -0.2) is 38.0 Å². The molecule has 1 aromatic carbocycles. The highest BCUT2D eigenvalue weighted by Gasteiger charge is 2.20. The van der Waals surface area contributed by atoms with Crippen LogP contribution in [0.3, 0.4) is 0 Å². The number of rotatable bonds is 6. The van der Waals surface area contributed by atoms with Gasteiger partial charge in [-0.05, 0) is 43.3 Å². The molecule has 0 saturated carbocycles. The Labute approximate surface area is 185 Å². The topological polar surface area (TPSA) is 103 Å². The third-order valence-electron chi connectivity index (χ3n) is 4.84. The van der Waals surface area contributed by atoms with Gasteiger partial charge >= 0.3 is 0 Å². The maximum absolute atomic E-state index is 13.5. The molecule has 0 aliphatic rings. The number of carbonyl (C=O) groups is 1. The first-order valence-electron chi connectivity index (χ1n) is 9.73. The van der Waals surface area contributed by atoms with E-state index in [9.17, 15) is 17.6 Å². The van der Waals surface area contributed by atoms with E-state index < -0.39 is 15.8 Å². The van der Waals surface area contributed by atoms with E-state index in [4.69, 9.17) is 4.74 Å². The summed E-state index contributed by atoms with van der Waals surface area (Å²) in [6.45, 7) is 3.54. The lowest BCUT2D eigenvalue weighted by Crippen LogP contribution is -2.29. The highest BCUT2D eigenvalue weighted by Crippen LogP contribution is 2.31. The third kappa shape index (κ3) is 4.54. The second-order valence-corrected chi connectivity index (χ2v) is 8.52. The van der Waals surface area contributed by atoms with Gasteiger partial charge in [0.1, 0.15) is 17.0 Å². The van der Waals surface area contributed by atoms with E-state index in [0.717, 1.165) is 12.1 Å². The van der Waals surface area contributed by atoms with Crippen LogP contribution in [0.5, 0.6) is 5.88 Å². The smallest absolute Gasteiger partial charge is 0.262 e. The molecule has 0 aliphatic carbocycles. The molecule has 0 fully saturated rings. The summed E-state index contributed by atoms with van der Waals surface area (Å²) in [5.41, 5.74) is 2.44. The van der Waals surface area contributed by atoms with Gasteiger partial charge in [0.05, 0.1) is 12.0 Å². The number of sulfonamides is 1. The number of ether oxygens (including phenoxy) is 1. The maximum atomic E-state index is 13.5.